The molecule has 0 amide bonds. The van der Waals surface area contributed by atoms with Crippen molar-refractivity contribution in [2.45, 2.75) is 0 Å². The van der Waals surface area contributed by atoms with Crippen LogP contribution in [0.25, 0.3) is 5.57 Å². The van der Waals surface area contributed by atoms with Gasteiger partial charge in [-0.2, -0.15) is 34.3 Å². The number of aliphatic imine (C=N–C) groups is 2. The van der Waals surface area contributed by atoms with Gasteiger partial charge < -0.3 is 9.15 Å². The van der Waals surface area contributed by atoms with Crippen LogP contribution >= 0.6 is 0 Å². The molecule has 1 aromatic heterocycles. The number of rotatable bonds is 2. The van der Waals surface area contributed by atoms with Gasteiger partial charge in [0.25, 0.3) is 6.33 Å². The molecule has 2 aromatic carbocycles. The van der Waals surface area contributed by atoms with Crippen molar-refractivity contribution < 1.29 is 33.5 Å². The number of nitrogens with zero attached hydrogens (tertiary/aromatic N) is 6. The van der Waals surface area contributed by atoms with Crippen molar-refractivity contribution in [1.29, 1.82) is 0 Å². The monoisotopic (exact) mass is 700 g/mol. The van der Waals surface area contributed by atoms with Crippen LogP contribution in [0.1, 0.15) is 11.1 Å². The summed E-state index contributed by atoms with van der Waals surface area (Å²) in [4.78, 5) is 11.9. The first-order chi connectivity index (χ1) is 19.1. The van der Waals surface area contributed by atoms with E-state index in [0.717, 1.165) is 34.1 Å². The molecular weight excluding hydrogens is 673 g/mol. The Morgan fingerprint density at radius 1 is 0.800 bits per heavy atom. The van der Waals surface area contributed by atoms with E-state index in [1.165, 1.54) is 0 Å². The van der Waals surface area contributed by atoms with E-state index in [0.29, 0.717) is 0 Å². The van der Waals surface area contributed by atoms with Gasteiger partial charge in [0.05, 0.1) is 0 Å². The second kappa shape index (κ2) is 15.5. The maximum atomic E-state index is 3.96. The first kappa shape index (κ1) is 29.7. The standard InChI is InChI=1S/3C11H9N2.Ir/c3*1-13-9-12-8-7-11(13)10-5-3-2-4-6-10;/h3*2-5,7-9H,1H2;/q3*-1;+3/b11-10-;;;. The van der Waals surface area contributed by atoms with Gasteiger partial charge in [-0.25, -0.2) is 30.2 Å². The van der Waals surface area contributed by atoms with Crippen molar-refractivity contribution in [1.82, 2.24) is 4.98 Å². The van der Waals surface area contributed by atoms with Gasteiger partial charge in [0, 0.05) is 19.1 Å². The molecule has 0 saturated carbocycles. The Kier molecular flexibility index (Phi) is 11.5. The van der Waals surface area contributed by atoms with Crippen molar-refractivity contribution in [3.8, 4) is 0 Å². The molecule has 6 nitrogen and oxygen atoms in total. The predicted molar refractivity (Wildman–Crippen MR) is 155 cm³/mol. The first-order valence-corrected chi connectivity index (χ1v) is 12.0. The molecule has 40 heavy (non-hydrogen) atoms. The van der Waals surface area contributed by atoms with E-state index in [9.17, 15) is 0 Å². The number of hydrogen-bond acceptors (Lipinski definition) is 3. The van der Waals surface area contributed by atoms with Gasteiger partial charge in [-0.1, -0.05) is 35.3 Å². The summed E-state index contributed by atoms with van der Waals surface area (Å²) in [5.74, 6) is 0. The average Bonchev–Trinajstić information content (AvgIpc) is 3.00. The van der Waals surface area contributed by atoms with Crippen LogP contribution in [-0.4, -0.2) is 40.2 Å². The quantitative estimate of drug-likeness (QED) is 0.299. The van der Waals surface area contributed by atoms with Crippen LogP contribution in [0.5, 0.6) is 0 Å². The Morgan fingerprint density at radius 3 is 1.85 bits per heavy atom. The minimum absolute atomic E-state index is 0. The molecule has 1 aliphatic carbocycles. The summed E-state index contributed by atoms with van der Waals surface area (Å²) in [7, 11) is 0. The Bertz CT molecular complexity index is 1510. The van der Waals surface area contributed by atoms with E-state index in [1.54, 1.807) is 51.0 Å². The van der Waals surface area contributed by atoms with Crippen LogP contribution in [0.3, 0.4) is 0 Å². The molecular formula is C33H27IrN6. The van der Waals surface area contributed by atoms with Crippen LogP contribution in [0.4, 0.5) is 0 Å². The summed E-state index contributed by atoms with van der Waals surface area (Å²) in [6.45, 7) is 11.5. The van der Waals surface area contributed by atoms with E-state index in [1.807, 2.05) is 91.4 Å². The third kappa shape index (κ3) is 8.33. The van der Waals surface area contributed by atoms with Gasteiger partial charge in [-0.3, -0.25) is 10.3 Å². The first-order valence-electron chi connectivity index (χ1n) is 12.0. The Hall–Kier alpha value is -4.84. The molecule has 3 aliphatic rings. The van der Waals surface area contributed by atoms with Crippen LogP contribution < -0.4 is 9.59 Å². The fourth-order valence-electron chi connectivity index (χ4n) is 3.56. The van der Waals surface area contributed by atoms with Crippen LogP contribution in [0, 0.1) is 43.4 Å². The van der Waals surface area contributed by atoms with Gasteiger partial charge in [-0.15, -0.1) is 35.4 Å². The zero-order valence-corrected chi connectivity index (χ0v) is 24.2. The number of hydrogen-bond donors (Lipinski definition) is 0. The summed E-state index contributed by atoms with van der Waals surface area (Å²) >= 11 is 0. The molecule has 2 aliphatic heterocycles. The Labute approximate surface area is 249 Å². The van der Waals surface area contributed by atoms with E-state index >= 15 is 0 Å². The second-order valence-corrected chi connectivity index (χ2v) is 8.13. The summed E-state index contributed by atoms with van der Waals surface area (Å²) < 4.78 is 5.18. The molecule has 0 fully saturated rings. The Balaban J connectivity index is 0.000000163. The molecule has 3 heterocycles. The minimum Gasteiger partial charge on any atom is -0.371 e. The van der Waals surface area contributed by atoms with Gasteiger partial charge in [0.1, 0.15) is 6.20 Å². The third-order valence-electron chi connectivity index (χ3n) is 5.46. The third-order valence-corrected chi connectivity index (χ3v) is 5.46. The molecule has 0 spiro atoms. The Morgan fingerprint density at radius 2 is 1.40 bits per heavy atom. The number of allylic oxidation sites excluding steroid dienone is 4. The van der Waals surface area contributed by atoms with E-state index in [2.05, 4.69) is 53.3 Å². The van der Waals surface area contributed by atoms with Gasteiger partial charge in [-0.05, 0) is 30.9 Å². The summed E-state index contributed by atoms with van der Waals surface area (Å²) in [5, 5.41) is 1.01. The second-order valence-electron chi connectivity index (χ2n) is 8.13. The van der Waals surface area contributed by atoms with Crippen molar-refractivity contribution in [2.75, 3.05) is 0 Å². The molecule has 7 heteroatoms. The fourth-order valence-corrected chi connectivity index (χ4v) is 3.56. The molecule has 3 aromatic rings. The van der Waals surface area contributed by atoms with Crippen molar-refractivity contribution in [2.24, 2.45) is 9.98 Å². The van der Waals surface area contributed by atoms with Crippen LogP contribution in [0.2, 0.25) is 0 Å². The van der Waals surface area contributed by atoms with Gasteiger partial charge in [0.15, 0.2) is 12.7 Å². The smallest absolute Gasteiger partial charge is 0.371 e. The predicted octanol–water partition coefficient (Wildman–Crippen LogP) is 3.56. The fraction of sp³-hybridized carbons (Fsp3) is 0. The zero-order chi connectivity index (χ0) is 27.3. The maximum absolute atomic E-state index is 3.96. The van der Waals surface area contributed by atoms with Crippen molar-refractivity contribution in [3.63, 3.8) is 0 Å². The number of aromatic nitrogens is 2. The summed E-state index contributed by atoms with van der Waals surface area (Å²) in [6, 6.07) is 25.8. The van der Waals surface area contributed by atoms with Gasteiger partial charge >= 0.3 is 20.1 Å². The minimum atomic E-state index is 0. The zero-order valence-electron chi connectivity index (χ0n) is 21.8. The summed E-state index contributed by atoms with van der Waals surface area (Å²) in [6.07, 6.45) is 25.0. The van der Waals surface area contributed by atoms with Crippen LogP contribution in [0.15, 0.2) is 120 Å². The molecule has 6 rings (SSSR count). The molecule has 198 valence electrons. The van der Waals surface area contributed by atoms with Crippen LogP contribution in [-0.2, 0) is 20.1 Å². The molecule has 0 unspecified atom stereocenters. The summed E-state index contributed by atoms with van der Waals surface area (Å²) in [5.41, 5.74) is 3.08. The van der Waals surface area contributed by atoms with Gasteiger partial charge in [0.2, 0.25) is 0 Å². The van der Waals surface area contributed by atoms with E-state index in [4.69, 9.17) is 0 Å². The topological polar surface area (TPSA) is 49.5 Å². The average molecular weight is 700 g/mol. The van der Waals surface area contributed by atoms with E-state index in [-0.39, 0.29) is 20.1 Å². The normalized spacial score (nSPS) is 15.8. The SMILES string of the molecule is C=[N+]1C=NC=C[C-]1c1[c-]cccc1.C=[N+]1C=NC=C[C-]1c1[c-]cccc1.C=[n+]1cncc/c1=C1/[C-]=CC=C[CH-]1.[Ir+3]. The van der Waals surface area contributed by atoms with Crippen molar-refractivity contribution >= 4 is 31.7 Å². The maximum Gasteiger partial charge on any atom is 3.00 e. The molecule has 0 bridgehead atoms. The largest absolute Gasteiger partial charge is 3.00 e. The van der Waals surface area contributed by atoms with E-state index < -0.39 is 0 Å². The number of benzene rings is 2. The molecule has 0 radical (unpaired) electrons. The molecule has 0 atom stereocenters. The molecule has 0 saturated heterocycles. The molecule has 0 N–H and O–H groups in total. The van der Waals surface area contributed by atoms with Crippen molar-refractivity contribution in [3.05, 3.63) is 170 Å².